The van der Waals surface area contributed by atoms with Gasteiger partial charge in [0.2, 0.25) is 0 Å². The molecule has 1 unspecified atom stereocenters. The lowest BCUT2D eigenvalue weighted by Gasteiger charge is -2.52. The quantitative estimate of drug-likeness (QED) is 0.777. The van der Waals surface area contributed by atoms with Crippen LogP contribution in [-0.4, -0.2) is 17.0 Å². The van der Waals surface area contributed by atoms with Crippen LogP contribution in [0.15, 0.2) is 22.8 Å². The molecule has 126 valence electrons. The van der Waals surface area contributed by atoms with Gasteiger partial charge in [-0.2, -0.15) is 0 Å². The molecule has 2 fully saturated rings. The van der Waals surface area contributed by atoms with Gasteiger partial charge < -0.3 is 5.11 Å². The highest BCUT2D eigenvalue weighted by atomic mass is 16.3. The molecule has 0 radical (unpaired) electrons. The first-order chi connectivity index (χ1) is 10.9. The van der Waals surface area contributed by atoms with Crippen molar-refractivity contribution in [3.8, 4) is 0 Å². The van der Waals surface area contributed by atoms with Gasteiger partial charge in [-0.15, -0.1) is 0 Å². The molecule has 2 saturated carbocycles. The number of carbonyl (C=O) groups is 1. The summed E-state index contributed by atoms with van der Waals surface area (Å²) in [4.78, 5) is 11.8. The third kappa shape index (κ3) is 2.21. The average Bonchev–Trinajstić information content (AvgIpc) is 2.81. The lowest BCUT2D eigenvalue weighted by molar-refractivity contribution is -0.114. The molecule has 2 heteroatoms. The molecule has 0 amide bonds. The second-order valence-electron chi connectivity index (χ2n) is 8.98. The normalized spacial score (nSPS) is 43.2. The zero-order valence-corrected chi connectivity index (χ0v) is 14.8. The highest BCUT2D eigenvalue weighted by Gasteiger charge is 2.56. The molecule has 0 spiro atoms. The van der Waals surface area contributed by atoms with Gasteiger partial charge in [-0.3, -0.25) is 4.79 Å². The van der Waals surface area contributed by atoms with E-state index in [1.807, 2.05) is 6.08 Å². The van der Waals surface area contributed by atoms with Crippen LogP contribution in [0.1, 0.15) is 65.7 Å². The van der Waals surface area contributed by atoms with E-state index in [1.165, 1.54) is 18.4 Å². The van der Waals surface area contributed by atoms with E-state index in [9.17, 15) is 9.90 Å². The molecule has 0 bridgehead atoms. The Kier molecular flexibility index (Phi) is 3.61. The van der Waals surface area contributed by atoms with Crippen molar-refractivity contribution in [2.75, 3.05) is 0 Å². The third-order valence-electron chi connectivity index (χ3n) is 7.53. The Morgan fingerprint density at radius 1 is 1.17 bits per heavy atom. The third-order valence-corrected chi connectivity index (χ3v) is 7.53. The zero-order chi connectivity index (χ0) is 16.4. The fourth-order valence-electron chi connectivity index (χ4n) is 6.29. The van der Waals surface area contributed by atoms with Gasteiger partial charge in [0.15, 0.2) is 5.78 Å². The molecule has 0 aliphatic heterocycles. The minimum atomic E-state index is -0.120. The lowest BCUT2D eigenvalue weighted by Crippen LogP contribution is -2.46. The van der Waals surface area contributed by atoms with Gasteiger partial charge >= 0.3 is 0 Å². The van der Waals surface area contributed by atoms with Crippen LogP contribution in [0, 0.1) is 29.1 Å². The summed E-state index contributed by atoms with van der Waals surface area (Å²) >= 11 is 0. The van der Waals surface area contributed by atoms with Crippen molar-refractivity contribution < 1.29 is 9.90 Å². The molecule has 4 rings (SSSR count). The maximum absolute atomic E-state index is 11.8. The monoisotopic (exact) mass is 314 g/mol. The van der Waals surface area contributed by atoms with Gasteiger partial charge in [-0.1, -0.05) is 26.3 Å². The molecule has 1 N–H and O–H groups in total. The van der Waals surface area contributed by atoms with E-state index in [0.29, 0.717) is 35.9 Å². The second kappa shape index (κ2) is 5.31. The highest BCUT2D eigenvalue weighted by Crippen LogP contribution is 2.62. The molecule has 0 saturated heterocycles. The van der Waals surface area contributed by atoms with Crippen molar-refractivity contribution in [1.82, 2.24) is 0 Å². The van der Waals surface area contributed by atoms with Crippen LogP contribution < -0.4 is 0 Å². The topological polar surface area (TPSA) is 37.3 Å². The zero-order valence-electron chi connectivity index (χ0n) is 14.8. The average molecular weight is 314 g/mol. The SMILES string of the molecule is CC(C)[C@H]1C[C@]2(C)C(O)CC[C@H]2[C@@H]2CCC3=CC(=O)CCC3=C21. The minimum absolute atomic E-state index is 0.107. The van der Waals surface area contributed by atoms with E-state index in [-0.39, 0.29) is 11.5 Å². The molecule has 0 heterocycles. The molecule has 0 aromatic carbocycles. The maximum Gasteiger partial charge on any atom is 0.156 e. The summed E-state index contributed by atoms with van der Waals surface area (Å²) in [7, 11) is 0. The summed E-state index contributed by atoms with van der Waals surface area (Å²) in [5.74, 6) is 2.82. The number of carbonyl (C=O) groups excluding carboxylic acids is 1. The van der Waals surface area contributed by atoms with Crippen molar-refractivity contribution in [2.45, 2.75) is 71.8 Å². The molecule has 0 aromatic heterocycles. The van der Waals surface area contributed by atoms with E-state index < -0.39 is 0 Å². The molecule has 23 heavy (non-hydrogen) atoms. The Morgan fingerprint density at radius 3 is 2.70 bits per heavy atom. The summed E-state index contributed by atoms with van der Waals surface area (Å²) in [6.45, 7) is 7.03. The van der Waals surface area contributed by atoms with Gasteiger partial charge in [-0.25, -0.2) is 0 Å². The van der Waals surface area contributed by atoms with E-state index >= 15 is 0 Å². The van der Waals surface area contributed by atoms with Crippen LogP contribution in [0.25, 0.3) is 0 Å². The first-order valence-electron chi connectivity index (χ1n) is 9.56. The van der Waals surface area contributed by atoms with Crippen LogP contribution in [0.2, 0.25) is 0 Å². The van der Waals surface area contributed by atoms with Gasteiger partial charge in [0.1, 0.15) is 0 Å². The molecule has 4 aliphatic rings. The fourth-order valence-corrected chi connectivity index (χ4v) is 6.29. The first-order valence-corrected chi connectivity index (χ1v) is 9.56. The van der Waals surface area contributed by atoms with Crippen molar-refractivity contribution in [3.05, 3.63) is 22.8 Å². The summed E-state index contributed by atoms with van der Waals surface area (Å²) < 4.78 is 0. The number of hydrogen-bond acceptors (Lipinski definition) is 2. The molecule has 0 aromatic rings. The van der Waals surface area contributed by atoms with Crippen LogP contribution >= 0.6 is 0 Å². The standard InChI is InChI=1S/C21H30O2/c1-12(2)17-11-21(3)18(8-9-19(21)23)16-6-4-13-10-14(22)5-7-15(13)20(16)17/h10,12,16-19,23H,4-9,11H2,1-3H3/t16-,17+,18-,19?,21-/m0/s1. The van der Waals surface area contributed by atoms with Crippen molar-refractivity contribution in [1.29, 1.82) is 0 Å². The van der Waals surface area contributed by atoms with E-state index in [0.717, 1.165) is 25.7 Å². The summed E-state index contributed by atoms with van der Waals surface area (Å²) in [5.41, 5.74) is 4.69. The first kappa shape index (κ1) is 15.6. The Morgan fingerprint density at radius 2 is 1.96 bits per heavy atom. The smallest absolute Gasteiger partial charge is 0.156 e. The molecular formula is C21H30O2. The van der Waals surface area contributed by atoms with Gasteiger partial charge in [0, 0.05) is 6.42 Å². The second-order valence-corrected chi connectivity index (χ2v) is 8.98. The molecule has 4 aliphatic carbocycles. The Bertz CT molecular complexity index is 597. The number of ketones is 1. The number of aliphatic hydroxyl groups excluding tert-OH is 1. The van der Waals surface area contributed by atoms with E-state index in [2.05, 4.69) is 20.8 Å². The molecular weight excluding hydrogens is 284 g/mol. The fraction of sp³-hybridized carbons (Fsp3) is 0.762. The van der Waals surface area contributed by atoms with Crippen LogP contribution in [0.3, 0.4) is 0 Å². The molecule has 2 nitrogen and oxygen atoms in total. The molecule has 5 atom stereocenters. The Labute approximate surface area is 140 Å². The van der Waals surface area contributed by atoms with Gasteiger partial charge in [-0.05, 0) is 84.8 Å². The van der Waals surface area contributed by atoms with Gasteiger partial charge in [0.25, 0.3) is 0 Å². The summed E-state index contributed by atoms with van der Waals surface area (Å²) in [6, 6.07) is 0. The number of hydrogen-bond donors (Lipinski definition) is 1. The summed E-state index contributed by atoms with van der Waals surface area (Å²) in [5, 5.41) is 10.7. The van der Waals surface area contributed by atoms with Crippen molar-refractivity contribution in [3.63, 3.8) is 0 Å². The number of aliphatic hydroxyl groups is 1. The predicted octanol–water partition coefficient (Wildman–Crippen LogP) is 4.44. The van der Waals surface area contributed by atoms with E-state index in [4.69, 9.17) is 0 Å². The van der Waals surface area contributed by atoms with Crippen LogP contribution in [-0.2, 0) is 4.79 Å². The Balaban J connectivity index is 1.83. The maximum atomic E-state index is 11.8. The summed E-state index contributed by atoms with van der Waals surface area (Å²) in [6.07, 6.45) is 9.04. The van der Waals surface area contributed by atoms with Crippen molar-refractivity contribution in [2.24, 2.45) is 29.1 Å². The predicted molar refractivity (Wildman–Crippen MR) is 91.9 cm³/mol. The largest absolute Gasteiger partial charge is 0.393 e. The van der Waals surface area contributed by atoms with Crippen molar-refractivity contribution >= 4 is 5.78 Å². The highest BCUT2D eigenvalue weighted by molar-refractivity contribution is 5.93. The van der Waals surface area contributed by atoms with E-state index in [1.54, 1.807) is 11.1 Å². The lowest BCUT2D eigenvalue weighted by atomic mass is 9.52. The number of allylic oxidation sites excluding steroid dienone is 4. The Hall–Kier alpha value is -0.890. The van der Waals surface area contributed by atoms with Crippen LogP contribution in [0.4, 0.5) is 0 Å². The van der Waals surface area contributed by atoms with Gasteiger partial charge in [0.05, 0.1) is 6.10 Å². The van der Waals surface area contributed by atoms with Crippen LogP contribution in [0.5, 0.6) is 0 Å². The number of fused-ring (bicyclic) bond motifs is 4. The number of rotatable bonds is 1. The minimum Gasteiger partial charge on any atom is -0.393 e.